The minimum atomic E-state index is -5.09. The quantitative estimate of drug-likeness (QED) is 0.560. The van der Waals surface area contributed by atoms with Gasteiger partial charge in [0.05, 0.1) is 20.5 Å². The molecule has 10 heteroatoms. The maximum atomic E-state index is 10.4. The van der Waals surface area contributed by atoms with Gasteiger partial charge in [-0.3, -0.25) is 4.52 Å². The van der Waals surface area contributed by atoms with Crippen molar-refractivity contribution in [2.45, 2.75) is 38.7 Å². The van der Waals surface area contributed by atoms with Crippen LogP contribution in [0.3, 0.4) is 0 Å². The van der Waals surface area contributed by atoms with Crippen molar-refractivity contribution in [2.75, 3.05) is 6.61 Å². The van der Waals surface area contributed by atoms with Crippen molar-refractivity contribution in [3.8, 4) is 0 Å². The lowest BCUT2D eigenvalue weighted by Crippen LogP contribution is -2.24. The molecule has 0 saturated carbocycles. The minimum Gasteiger partial charge on any atom is -0.790 e. The lowest BCUT2D eigenvalue weighted by atomic mass is 10.1. The van der Waals surface area contributed by atoms with Gasteiger partial charge in [0, 0.05) is 0 Å². The molecule has 104 valence electrons. The molecule has 2 N–H and O–H groups in total. The Labute approximate surface area is 99.4 Å². The van der Waals surface area contributed by atoms with Crippen molar-refractivity contribution in [3.63, 3.8) is 0 Å². The van der Waals surface area contributed by atoms with E-state index in [2.05, 4.69) is 9.05 Å². The van der Waals surface area contributed by atoms with Crippen LogP contribution in [-0.4, -0.2) is 22.5 Å². The summed E-state index contributed by atoms with van der Waals surface area (Å²) < 4.78 is 29.2. The average Bonchev–Trinajstić information content (AvgIpc) is 2.09. The summed E-state index contributed by atoms with van der Waals surface area (Å²) in [6, 6.07) is 0. The predicted molar refractivity (Wildman–Crippen MR) is 54.6 cm³/mol. The summed E-state index contributed by atoms with van der Waals surface area (Å²) in [6.07, 6.45) is 0.763. The molecule has 0 radical (unpaired) electrons. The third kappa shape index (κ3) is 12.5. The van der Waals surface area contributed by atoms with Crippen LogP contribution in [-0.2, 0) is 18.2 Å². The molecule has 1 atom stereocenters. The molecular formula is C7H16O8P2-2. The molecule has 0 aromatic heterocycles. The Bertz CT molecular complexity index is 294. The Hall–Kier alpha value is 0.220. The molecular weight excluding hydrogens is 274 g/mol. The summed E-state index contributed by atoms with van der Waals surface area (Å²) in [5.74, 6) is 0. The summed E-state index contributed by atoms with van der Waals surface area (Å²) in [5, 5.41) is 0. The number of phosphoric ester groups is 2. The first-order valence-corrected chi connectivity index (χ1v) is 8.03. The van der Waals surface area contributed by atoms with Crippen LogP contribution in [0.2, 0.25) is 0 Å². The van der Waals surface area contributed by atoms with Gasteiger partial charge in [-0.1, -0.05) is 19.8 Å². The fourth-order valence-corrected chi connectivity index (χ4v) is 2.09. The Morgan fingerprint density at radius 1 is 1.24 bits per heavy atom. The molecule has 0 aliphatic carbocycles. The van der Waals surface area contributed by atoms with Gasteiger partial charge in [-0.25, -0.2) is 4.57 Å². The van der Waals surface area contributed by atoms with E-state index < -0.39 is 21.7 Å². The van der Waals surface area contributed by atoms with E-state index in [9.17, 15) is 18.9 Å². The molecule has 0 aromatic rings. The maximum absolute atomic E-state index is 10.4. The van der Waals surface area contributed by atoms with Crippen molar-refractivity contribution >= 4 is 15.6 Å². The Balaban J connectivity index is 4.10. The third-order valence-corrected chi connectivity index (χ3v) is 2.93. The van der Waals surface area contributed by atoms with Gasteiger partial charge in [0.1, 0.15) is 0 Å². The maximum Gasteiger partial charge on any atom is 0.469 e. The summed E-state index contributed by atoms with van der Waals surface area (Å²) >= 11 is 0. The Morgan fingerprint density at radius 2 is 1.82 bits per heavy atom. The smallest absolute Gasteiger partial charge is 0.469 e. The van der Waals surface area contributed by atoms with E-state index in [4.69, 9.17) is 9.79 Å². The third-order valence-electron chi connectivity index (χ3n) is 1.86. The van der Waals surface area contributed by atoms with Crippen LogP contribution in [0.15, 0.2) is 0 Å². The summed E-state index contributed by atoms with van der Waals surface area (Å²) in [5.41, 5.74) is 0. The van der Waals surface area contributed by atoms with Gasteiger partial charge in [-0.2, -0.15) is 0 Å². The van der Waals surface area contributed by atoms with E-state index in [0.29, 0.717) is 12.8 Å². The first-order chi connectivity index (χ1) is 7.64. The number of phosphoric acid groups is 2. The van der Waals surface area contributed by atoms with E-state index in [-0.39, 0.29) is 13.0 Å². The zero-order valence-electron chi connectivity index (χ0n) is 9.35. The lowest BCUT2D eigenvalue weighted by Gasteiger charge is -2.33. The van der Waals surface area contributed by atoms with Gasteiger partial charge in [-0.15, -0.1) is 0 Å². The van der Waals surface area contributed by atoms with Crippen LogP contribution in [0.1, 0.15) is 32.6 Å². The predicted octanol–water partition coefficient (Wildman–Crippen LogP) is -0.110. The summed E-state index contributed by atoms with van der Waals surface area (Å²) in [6.45, 7) is 1.50. The number of hydrogen-bond acceptors (Lipinski definition) is 6. The van der Waals surface area contributed by atoms with E-state index in [1.54, 1.807) is 0 Å². The van der Waals surface area contributed by atoms with Gasteiger partial charge < -0.3 is 28.7 Å². The topological polar surface area (TPSA) is 139 Å². The molecule has 0 rings (SSSR count). The van der Waals surface area contributed by atoms with Gasteiger partial charge in [0.15, 0.2) is 0 Å². The van der Waals surface area contributed by atoms with Crippen LogP contribution >= 0.6 is 15.6 Å². The van der Waals surface area contributed by atoms with E-state index in [1.807, 2.05) is 6.92 Å². The lowest BCUT2D eigenvalue weighted by molar-refractivity contribution is -0.345. The van der Waals surface area contributed by atoms with Gasteiger partial charge in [0.2, 0.25) is 0 Å². The zero-order chi connectivity index (χ0) is 13.5. The number of rotatable bonds is 9. The SMILES string of the molecule is CCCCC(CCOP(=O)(O)O)OP(=O)([O-])[O-]. The van der Waals surface area contributed by atoms with E-state index >= 15 is 0 Å². The molecule has 0 aromatic carbocycles. The molecule has 1 unspecified atom stereocenters. The molecule has 0 fully saturated rings. The standard InChI is InChI=1S/C7H18O8P2/c1-2-3-4-7(15-17(11,12)13)5-6-14-16(8,9)10/h7H,2-6H2,1H3,(H2,8,9,10)(H2,11,12,13)/p-2. The van der Waals surface area contributed by atoms with E-state index in [1.165, 1.54) is 0 Å². The van der Waals surface area contributed by atoms with Crippen LogP contribution in [0.5, 0.6) is 0 Å². The monoisotopic (exact) mass is 290 g/mol. The highest BCUT2D eigenvalue weighted by Crippen LogP contribution is 2.37. The van der Waals surface area contributed by atoms with Crippen LogP contribution in [0, 0.1) is 0 Å². The van der Waals surface area contributed by atoms with Crippen molar-refractivity contribution in [3.05, 3.63) is 0 Å². The van der Waals surface area contributed by atoms with E-state index in [0.717, 1.165) is 6.42 Å². The highest BCUT2D eigenvalue weighted by atomic mass is 31.2. The molecule has 0 amide bonds. The minimum absolute atomic E-state index is 0.0699. The largest absolute Gasteiger partial charge is 0.790 e. The molecule has 0 aliphatic heterocycles. The first kappa shape index (κ1) is 17.2. The van der Waals surface area contributed by atoms with Crippen molar-refractivity contribution in [1.29, 1.82) is 0 Å². The molecule has 0 saturated heterocycles. The fraction of sp³-hybridized carbons (Fsp3) is 1.00. The molecule has 0 heterocycles. The molecule has 0 spiro atoms. The number of unbranched alkanes of at least 4 members (excludes halogenated alkanes) is 1. The Kier molecular flexibility index (Phi) is 7.71. The highest BCUT2D eigenvalue weighted by Gasteiger charge is 2.16. The van der Waals surface area contributed by atoms with Gasteiger partial charge in [0.25, 0.3) is 0 Å². The molecule has 0 bridgehead atoms. The normalized spacial score (nSPS) is 14.9. The molecule has 0 aliphatic rings. The van der Waals surface area contributed by atoms with Crippen molar-refractivity contribution in [2.24, 2.45) is 0 Å². The number of hydrogen-bond donors (Lipinski definition) is 2. The average molecular weight is 290 g/mol. The van der Waals surface area contributed by atoms with Crippen molar-refractivity contribution in [1.82, 2.24) is 0 Å². The Morgan fingerprint density at radius 3 is 2.24 bits per heavy atom. The van der Waals surface area contributed by atoms with Crippen LogP contribution in [0.4, 0.5) is 0 Å². The second-order valence-electron chi connectivity index (χ2n) is 3.43. The van der Waals surface area contributed by atoms with Gasteiger partial charge in [-0.05, 0) is 12.8 Å². The highest BCUT2D eigenvalue weighted by molar-refractivity contribution is 7.46. The second kappa shape index (κ2) is 7.61. The summed E-state index contributed by atoms with van der Waals surface area (Å²) in [4.78, 5) is 37.7. The van der Waals surface area contributed by atoms with Crippen LogP contribution < -0.4 is 9.79 Å². The molecule has 8 nitrogen and oxygen atoms in total. The van der Waals surface area contributed by atoms with Crippen LogP contribution in [0.25, 0.3) is 0 Å². The molecule has 17 heavy (non-hydrogen) atoms. The summed E-state index contributed by atoms with van der Waals surface area (Å²) in [7, 11) is -9.67. The second-order valence-corrected chi connectivity index (χ2v) is 5.77. The fourth-order valence-electron chi connectivity index (χ4n) is 1.17. The first-order valence-electron chi connectivity index (χ1n) is 5.04. The van der Waals surface area contributed by atoms with Gasteiger partial charge >= 0.3 is 7.82 Å². The zero-order valence-corrected chi connectivity index (χ0v) is 11.1. The van der Waals surface area contributed by atoms with Crippen molar-refractivity contribution < 1.29 is 37.8 Å².